The molecule has 2 rings (SSSR count). The maximum atomic E-state index is 12.3. The monoisotopic (exact) mass is 450 g/mol. The lowest BCUT2D eigenvalue weighted by atomic mass is 10.3. The van der Waals surface area contributed by atoms with Crippen LogP contribution in [0, 0.1) is 6.92 Å². The number of halogens is 4. The summed E-state index contributed by atoms with van der Waals surface area (Å²) < 4.78 is 36.8. The summed E-state index contributed by atoms with van der Waals surface area (Å²) in [7, 11) is 0. The molecular weight excluding hydrogens is 432 g/mol. The minimum absolute atomic E-state index is 0. The van der Waals surface area contributed by atoms with Gasteiger partial charge in [-0.25, -0.2) is 9.98 Å². The predicted molar refractivity (Wildman–Crippen MR) is 89.6 cm³/mol. The second kappa shape index (κ2) is 8.29. The molecule has 1 aromatic rings. The molecule has 1 fully saturated rings. The molecule has 0 spiro atoms. The van der Waals surface area contributed by atoms with Gasteiger partial charge in [0, 0.05) is 17.1 Å². The molecule has 0 saturated heterocycles. The van der Waals surface area contributed by atoms with E-state index in [1.54, 1.807) is 0 Å². The molecule has 1 aliphatic carbocycles. The van der Waals surface area contributed by atoms with E-state index in [4.69, 9.17) is 5.11 Å². The fraction of sp³-hybridized carbons (Fsp3) is 0.667. The number of aryl methyl sites for hydroxylation is 1. The van der Waals surface area contributed by atoms with Crippen molar-refractivity contribution in [2.24, 2.45) is 4.99 Å². The van der Waals surface area contributed by atoms with Crippen molar-refractivity contribution in [2.75, 3.05) is 6.54 Å². The van der Waals surface area contributed by atoms with E-state index in [9.17, 15) is 13.2 Å². The van der Waals surface area contributed by atoms with Crippen LogP contribution in [-0.4, -0.2) is 40.9 Å². The van der Waals surface area contributed by atoms with E-state index >= 15 is 0 Å². The summed E-state index contributed by atoms with van der Waals surface area (Å²) in [6, 6.07) is 0.248. The minimum atomic E-state index is -4.63. The van der Waals surface area contributed by atoms with E-state index in [0.29, 0.717) is 6.54 Å². The third kappa shape index (κ3) is 6.65. The van der Waals surface area contributed by atoms with Crippen molar-refractivity contribution >= 4 is 41.3 Å². The number of nitrogens with one attached hydrogen (secondary N) is 2. The molecule has 10 heteroatoms. The third-order valence-electron chi connectivity index (χ3n) is 2.80. The van der Waals surface area contributed by atoms with Crippen LogP contribution in [-0.2, 0) is 6.54 Å². The molecular formula is C12H18F3IN4OS. The molecule has 3 N–H and O–H groups in total. The van der Waals surface area contributed by atoms with E-state index in [-0.39, 0.29) is 36.0 Å². The van der Waals surface area contributed by atoms with Crippen LogP contribution in [0.4, 0.5) is 13.2 Å². The molecule has 126 valence electrons. The van der Waals surface area contributed by atoms with Gasteiger partial charge in [0.2, 0.25) is 0 Å². The van der Waals surface area contributed by atoms with Crippen molar-refractivity contribution in [3.05, 3.63) is 16.1 Å². The topological polar surface area (TPSA) is 69.5 Å². The fourth-order valence-corrected chi connectivity index (χ4v) is 2.20. The third-order valence-corrected chi connectivity index (χ3v) is 3.75. The number of aliphatic hydroxyl groups excluding tert-OH is 1. The van der Waals surface area contributed by atoms with Crippen molar-refractivity contribution < 1.29 is 18.3 Å². The molecule has 0 aromatic carbocycles. The van der Waals surface area contributed by atoms with Gasteiger partial charge in [0.15, 0.2) is 12.1 Å². The van der Waals surface area contributed by atoms with E-state index in [1.807, 2.05) is 12.3 Å². The summed E-state index contributed by atoms with van der Waals surface area (Å²) in [5.74, 6) is 0.272. The Hall–Kier alpha value is -0.620. The van der Waals surface area contributed by atoms with E-state index < -0.39 is 18.8 Å². The fourth-order valence-electron chi connectivity index (χ4n) is 1.50. The van der Waals surface area contributed by atoms with Crippen molar-refractivity contribution in [1.82, 2.24) is 15.6 Å². The zero-order valence-corrected chi connectivity index (χ0v) is 15.0. The highest BCUT2D eigenvalue weighted by molar-refractivity contribution is 14.0. The van der Waals surface area contributed by atoms with E-state index in [1.165, 1.54) is 11.3 Å². The first-order valence-corrected chi connectivity index (χ1v) is 7.43. The van der Waals surface area contributed by atoms with Gasteiger partial charge in [-0.15, -0.1) is 35.3 Å². The zero-order valence-electron chi connectivity index (χ0n) is 11.9. The summed E-state index contributed by atoms with van der Waals surface area (Å²) in [5, 5.41) is 17.2. The van der Waals surface area contributed by atoms with Crippen molar-refractivity contribution in [3.8, 4) is 0 Å². The summed E-state index contributed by atoms with van der Waals surface area (Å²) in [5.41, 5.74) is 0.891. The molecule has 5 nitrogen and oxygen atoms in total. The smallest absolute Gasteiger partial charge is 0.382 e. The van der Waals surface area contributed by atoms with Gasteiger partial charge < -0.3 is 15.7 Å². The molecule has 0 radical (unpaired) electrons. The van der Waals surface area contributed by atoms with Crippen LogP contribution >= 0.6 is 35.3 Å². The Morgan fingerprint density at radius 2 is 2.23 bits per heavy atom. The number of hydrogen-bond donors (Lipinski definition) is 3. The first-order chi connectivity index (χ1) is 9.84. The number of rotatable bonds is 5. The average Bonchev–Trinajstić information content (AvgIpc) is 3.12. The van der Waals surface area contributed by atoms with Crippen LogP contribution in [0.1, 0.15) is 23.5 Å². The maximum absolute atomic E-state index is 12.3. The Morgan fingerprint density at radius 3 is 2.73 bits per heavy atom. The number of guanidine groups is 1. The molecule has 1 aliphatic rings. The molecule has 0 aliphatic heterocycles. The molecule has 22 heavy (non-hydrogen) atoms. The number of aromatic nitrogens is 1. The Morgan fingerprint density at radius 1 is 1.55 bits per heavy atom. The van der Waals surface area contributed by atoms with Crippen molar-refractivity contribution in [2.45, 2.75) is 44.6 Å². The normalized spacial score (nSPS) is 16.9. The molecule has 1 aromatic heterocycles. The molecule has 1 atom stereocenters. The number of nitrogens with zero attached hydrogens (tertiary/aromatic N) is 2. The predicted octanol–water partition coefficient (Wildman–Crippen LogP) is 2.19. The first kappa shape index (κ1) is 19.4. The van der Waals surface area contributed by atoms with Crippen molar-refractivity contribution in [3.63, 3.8) is 0 Å². The molecule has 1 saturated carbocycles. The van der Waals surface area contributed by atoms with Crippen LogP contribution in [0.3, 0.4) is 0 Å². The summed E-state index contributed by atoms with van der Waals surface area (Å²) in [4.78, 5) is 8.44. The van der Waals surface area contributed by atoms with Crippen LogP contribution in [0.2, 0.25) is 0 Å². The van der Waals surface area contributed by atoms with E-state index in [2.05, 4.69) is 20.6 Å². The summed E-state index contributed by atoms with van der Waals surface area (Å²) in [6.07, 6.45) is -5.10. The van der Waals surface area contributed by atoms with E-state index in [0.717, 1.165) is 23.5 Å². The summed E-state index contributed by atoms with van der Waals surface area (Å²) >= 11 is 1.45. The van der Waals surface area contributed by atoms with Gasteiger partial charge in [-0.1, -0.05) is 0 Å². The lowest BCUT2D eigenvalue weighted by molar-refractivity contribution is -0.201. The second-order valence-corrected chi connectivity index (χ2v) is 5.85. The highest BCUT2D eigenvalue weighted by Gasteiger charge is 2.38. The molecule has 0 bridgehead atoms. The van der Waals surface area contributed by atoms with Crippen LogP contribution in [0.5, 0.6) is 0 Å². The number of hydrogen-bond acceptors (Lipinski definition) is 4. The van der Waals surface area contributed by atoms with Gasteiger partial charge in [-0.2, -0.15) is 13.2 Å². The Balaban J connectivity index is 0.00000242. The average molecular weight is 450 g/mol. The molecule has 0 amide bonds. The van der Waals surface area contributed by atoms with Gasteiger partial charge >= 0.3 is 6.18 Å². The van der Waals surface area contributed by atoms with Gasteiger partial charge in [0.1, 0.15) is 5.01 Å². The van der Waals surface area contributed by atoms with Gasteiger partial charge in [-0.05, 0) is 19.8 Å². The number of thiazole rings is 1. The lowest BCUT2D eigenvalue weighted by Crippen LogP contribution is -2.46. The largest absolute Gasteiger partial charge is 0.416 e. The van der Waals surface area contributed by atoms with Crippen LogP contribution < -0.4 is 10.6 Å². The molecule has 1 unspecified atom stereocenters. The van der Waals surface area contributed by atoms with Crippen molar-refractivity contribution in [1.29, 1.82) is 0 Å². The zero-order chi connectivity index (χ0) is 15.5. The minimum Gasteiger partial charge on any atom is -0.382 e. The Kier molecular flexibility index (Phi) is 7.32. The van der Waals surface area contributed by atoms with Gasteiger partial charge in [0.05, 0.1) is 13.1 Å². The van der Waals surface area contributed by atoms with Crippen LogP contribution in [0.15, 0.2) is 10.4 Å². The number of alkyl halides is 3. The quantitative estimate of drug-likeness (QED) is 0.366. The highest BCUT2D eigenvalue weighted by atomic mass is 127. The lowest BCUT2D eigenvalue weighted by Gasteiger charge is -2.17. The number of aliphatic imine (C=N–C) groups is 1. The highest BCUT2D eigenvalue weighted by Crippen LogP contribution is 2.20. The van der Waals surface area contributed by atoms with Gasteiger partial charge in [0.25, 0.3) is 0 Å². The SMILES string of the molecule is Cc1csc(CN=C(NCC(O)C(F)(F)F)NC2CC2)n1.I. The molecule has 1 heterocycles. The summed E-state index contributed by atoms with van der Waals surface area (Å²) in [6.45, 7) is 1.53. The second-order valence-electron chi connectivity index (χ2n) is 4.90. The Labute approximate surface area is 147 Å². The Bertz CT molecular complexity index is 505. The van der Waals surface area contributed by atoms with Crippen LogP contribution in [0.25, 0.3) is 0 Å². The van der Waals surface area contributed by atoms with Gasteiger partial charge in [-0.3, -0.25) is 0 Å². The number of aliphatic hydroxyl groups is 1. The first-order valence-electron chi connectivity index (χ1n) is 6.55. The standard InChI is InChI=1S/C12H17F3N4OS.HI/c1-7-6-21-10(18-7)5-17-11(19-8-2-3-8)16-4-9(20)12(13,14)15;/h6,8-9,20H,2-5H2,1H3,(H2,16,17,19);1H. The maximum Gasteiger partial charge on any atom is 0.416 e.